The number of aliphatic hydroxyl groups is 1. The largest absolute Gasteiger partial charge is 0.396 e. The number of nitrogens with zero attached hydrogens (tertiary/aromatic N) is 3. The molecule has 0 radical (unpaired) electrons. The molecule has 3 N–H and O–H groups in total. The Labute approximate surface area is 181 Å². The molecule has 0 bridgehead atoms. The van der Waals surface area contributed by atoms with Gasteiger partial charge < -0.3 is 15.7 Å². The molecule has 29 heavy (non-hydrogen) atoms. The second-order valence-corrected chi connectivity index (χ2v) is 9.40. The maximum absolute atomic E-state index is 9.43. The van der Waals surface area contributed by atoms with E-state index in [4.69, 9.17) is 4.99 Å². The lowest BCUT2D eigenvalue weighted by Crippen LogP contribution is -2.43. The van der Waals surface area contributed by atoms with Gasteiger partial charge in [0.25, 0.3) is 0 Å². The first kappa shape index (κ1) is 24.1. The quantitative estimate of drug-likeness (QED) is 0.376. The number of rotatable bonds is 11. The number of aliphatic hydroxyl groups excluding tert-OH is 1. The first-order valence-electron chi connectivity index (χ1n) is 11.3. The predicted octanol–water partition coefficient (Wildman–Crippen LogP) is 3.41. The molecule has 0 saturated carbocycles. The van der Waals surface area contributed by atoms with Crippen LogP contribution in [-0.4, -0.2) is 60.3 Å². The average molecular weight is 424 g/mol. The van der Waals surface area contributed by atoms with Crippen molar-refractivity contribution in [3.05, 3.63) is 16.1 Å². The van der Waals surface area contributed by atoms with Crippen LogP contribution in [0.25, 0.3) is 0 Å². The van der Waals surface area contributed by atoms with Crippen LogP contribution in [0.4, 0.5) is 0 Å². The Hall–Kier alpha value is -1.18. The van der Waals surface area contributed by atoms with Crippen molar-refractivity contribution in [3.8, 4) is 0 Å². The van der Waals surface area contributed by atoms with Crippen LogP contribution >= 0.6 is 11.3 Å². The third-order valence-corrected chi connectivity index (χ3v) is 7.20. The van der Waals surface area contributed by atoms with Crippen LogP contribution in [0.1, 0.15) is 63.6 Å². The van der Waals surface area contributed by atoms with E-state index in [1.165, 1.54) is 18.5 Å². The van der Waals surface area contributed by atoms with Gasteiger partial charge in [0.1, 0.15) is 0 Å². The number of guanidine groups is 1. The lowest BCUT2D eigenvalue weighted by molar-refractivity contribution is 0.174. The first-order chi connectivity index (χ1) is 14.0. The molecular formula is C22H41N5OS. The van der Waals surface area contributed by atoms with E-state index in [2.05, 4.69) is 53.6 Å². The van der Waals surface area contributed by atoms with Gasteiger partial charge >= 0.3 is 0 Å². The number of aliphatic imine (C=N–C) groups is 1. The fourth-order valence-corrected chi connectivity index (χ4v) is 4.64. The number of aromatic nitrogens is 1. The Kier molecular flexibility index (Phi) is 10.4. The fraction of sp³-hybridized carbons (Fsp3) is 0.818. The molecular weight excluding hydrogens is 382 g/mol. The van der Waals surface area contributed by atoms with Gasteiger partial charge in [-0.25, -0.2) is 4.98 Å². The Morgan fingerprint density at radius 3 is 2.55 bits per heavy atom. The highest BCUT2D eigenvalue weighted by Crippen LogP contribution is 2.30. The molecule has 166 valence electrons. The molecule has 1 aliphatic heterocycles. The summed E-state index contributed by atoms with van der Waals surface area (Å²) in [4.78, 5) is 12.0. The minimum absolute atomic E-state index is 0.108. The highest BCUT2D eigenvalue weighted by atomic mass is 32.1. The van der Waals surface area contributed by atoms with Gasteiger partial charge in [-0.2, -0.15) is 0 Å². The number of piperidine rings is 1. The smallest absolute Gasteiger partial charge is 0.191 e. The standard InChI is InChI=1S/C22H41N5OS/c1-5-22(6-2,10-13-28)17-25-21(23-7-3)24-14-19-8-11-27(12-9-19)15-20-16-29-18(4)26-20/h16,19,28H,5-15,17H2,1-4H3,(H2,23,24,25). The Morgan fingerprint density at radius 1 is 1.28 bits per heavy atom. The van der Waals surface area contributed by atoms with Gasteiger partial charge in [0, 0.05) is 38.2 Å². The van der Waals surface area contributed by atoms with Crippen LogP contribution in [0, 0.1) is 18.3 Å². The van der Waals surface area contributed by atoms with Crippen molar-refractivity contribution in [2.45, 2.75) is 66.3 Å². The lowest BCUT2D eigenvalue weighted by atomic mass is 9.79. The van der Waals surface area contributed by atoms with E-state index >= 15 is 0 Å². The molecule has 1 aromatic heterocycles. The van der Waals surface area contributed by atoms with Crippen molar-refractivity contribution in [2.75, 3.05) is 39.3 Å². The zero-order chi connectivity index (χ0) is 21.1. The third-order valence-electron chi connectivity index (χ3n) is 6.38. The monoisotopic (exact) mass is 423 g/mol. The first-order valence-corrected chi connectivity index (χ1v) is 12.2. The van der Waals surface area contributed by atoms with Crippen LogP contribution in [0.2, 0.25) is 0 Å². The summed E-state index contributed by atoms with van der Waals surface area (Å²) < 4.78 is 0. The van der Waals surface area contributed by atoms with E-state index in [0.29, 0.717) is 5.92 Å². The minimum atomic E-state index is 0.108. The van der Waals surface area contributed by atoms with Gasteiger partial charge in [-0.3, -0.25) is 9.89 Å². The molecule has 2 rings (SSSR count). The van der Waals surface area contributed by atoms with Crippen LogP contribution < -0.4 is 10.6 Å². The number of hydrogen-bond donors (Lipinski definition) is 3. The van der Waals surface area contributed by atoms with Gasteiger partial charge in [0.15, 0.2) is 5.96 Å². The van der Waals surface area contributed by atoms with Gasteiger partial charge in [-0.1, -0.05) is 13.8 Å². The van der Waals surface area contributed by atoms with Crippen molar-refractivity contribution in [1.29, 1.82) is 0 Å². The normalized spacial score (nSPS) is 16.9. The SMILES string of the molecule is CCNC(=NCC(CC)(CC)CCO)NCC1CCN(Cc2csc(C)n2)CC1. The summed E-state index contributed by atoms with van der Waals surface area (Å²) in [6.07, 6.45) is 5.34. The summed E-state index contributed by atoms with van der Waals surface area (Å²) in [5.74, 6) is 1.60. The lowest BCUT2D eigenvalue weighted by Gasteiger charge is -2.32. The molecule has 2 heterocycles. The van der Waals surface area contributed by atoms with E-state index in [1.807, 2.05) is 0 Å². The number of likely N-dealkylation sites (tertiary alicyclic amines) is 1. The Morgan fingerprint density at radius 2 is 2.00 bits per heavy atom. The molecule has 0 unspecified atom stereocenters. The molecule has 1 fully saturated rings. The number of thiazole rings is 1. The molecule has 0 amide bonds. The van der Waals surface area contributed by atoms with E-state index in [9.17, 15) is 5.11 Å². The summed E-state index contributed by atoms with van der Waals surface area (Å²) in [7, 11) is 0. The second kappa shape index (κ2) is 12.5. The molecule has 6 nitrogen and oxygen atoms in total. The summed E-state index contributed by atoms with van der Waals surface area (Å²) in [6.45, 7) is 14.7. The van der Waals surface area contributed by atoms with Crippen molar-refractivity contribution < 1.29 is 5.11 Å². The molecule has 0 aliphatic carbocycles. The minimum Gasteiger partial charge on any atom is -0.396 e. The second-order valence-electron chi connectivity index (χ2n) is 8.33. The summed E-state index contributed by atoms with van der Waals surface area (Å²) >= 11 is 1.74. The highest BCUT2D eigenvalue weighted by Gasteiger charge is 2.25. The molecule has 0 aromatic carbocycles. The summed E-state index contributed by atoms with van der Waals surface area (Å²) in [6, 6.07) is 0. The maximum Gasteiger partial charge on any atom is 0.191 e. The molecule has 1 aliphatic rings. The number of aryl methyl sites for hydroxylation is 1. The number of nitrogens with one attached hydrogen (secondary N) is 2. The van der Waals surface area contributed by atoms with Crippen LogP contribution in [0.15, 0.2) is 10.4 Å². The van der Waals surface area contributed by atoms with Crippen LogP contribution in [0.5, 0.6) is 0 Å². The zero-order valence-electron chi connectivity index (χ0n) is 18.8. The Bertz CT molecular complexity index is 606. The van der Waals surface area contributed by atoms with E-state index in [1.54, 1.807) is 11.3 Å². The van der Waals surface area contributed by atoms with Gasteiger partial charge in [0.05, 0.1) is 10.7 Å². The molecule has 0 atom stereocenters. The molecule has 0 spiro atoms. The van der Waals surface area contributed by atoms with Crippen molar-refractivity contribution in [2.24, 2.45) is 16.3 Å². The average Bonchev–Trinajstić information content (AvgIpc) is 3.14. The van der Waals surface area contributed by atoms with Crippen molar-refractivity contribution in [1.82, 2.24) is 20.5 Å². The topological polar surface area (TPSA) is 72.8 Å². The highest BCUT2D eigenvalue weighted by molar-refractivity contribution is 7.09. The van der Waals surface area contributed by atoms with Crippen LogP contribution in [-0.2, 0) is 6.54 Å². The predicted molar refractivity (Wildman–Crippen MR) is 124 cm³/mol. The van der Waals surface area contributed by atoms with Crippen molar-refractivity contribution >= 4 is 17.3 Å². The number of hydrogen-bond acceptors (Lipinski definition) is 5. The molecule has 1 aromatic rings. The van der Waals surface area contributed by atoms with Crippen LogP contribution in [0.3, 0.4) is 0 Å². The van der Waals surface area contributed by atoms with Gasteiger partial charge in [-0.05, 0) is 70.4 Å². The van der Waals surface area contributed by atoms with Gasteiger partial charge in [-0.15, -0.1) is 11.3 Å². The molecule has 7 heteroatoms. The molecule has 1 saturated heterocycles. The van der Waals surface area contributed by atoms with E-state index < -0.39 is 0 Å². The third kappa shape index (κ3) is 7.87. The maximum atomic E-state index is 9.43. The summed E-state index contributed by atoms with van der Waals surface area (Å²) in [5.41, 5.74) is 1.32. The van der Waals surface area contributed by atoms with Crippen molar-refractivity contribution in [3.63, 3.8) is 0 Å². The van der Waals surface area contributed by atoms with Gasteiger partial charge in [0.2, 0.25) is 0 Å². The Balaban J connectivity index is 1.79. The summed E-state index contributed by atoms with van der Waals surface area (Å²) in [5, 5.41) is 19.7. The van der Waals surface area contributed by atoms with E-state index in [0.717, 1.165) is 69.5 Å². The fourth-order valence-electron chi connectivity index (χ4n) is 4.03. The zero-order valence-corrected chi connectivity index (χ0v) is 19.7. The van der Waals surface area contributed by atoms with E-state index in [-0.39, 0.29) is 12.0 Å².